The normalized spacial score (nSPS) is 20.6. The molecule has 0 aliphatic carbocycles. The van der Waals surface area contributed by atoms with Gasteiger partial charge in [0.1, 0.15) is 12.6 Å². The number of rotatable bonds is 4. The molecule has 0 radical (unpaired) electrons. The molecule has 0 unspecified atom stereocenters. The minimum absolute atomic E-state index is 0.134. The molecular weight excluding hydrogens is 280 g/mol. The van der Waals surface area contributed by atoms with Gasteiger partial charge in [-0.25, -0.2) is 5.14 Å². The second-order valence-corrected chi connectivity index (χ2v) is 6.26. The molecule has 0 aromatic heterocycles. The molecule has 1 atom stereocenters. The van der Waals surface area contributed by atoms with Crippen molar-refractivity contribution >= 4 is 16.2 Å². The number of benzene rings is 1. The van der Waals surface area contributed by atoms with Gasteiger partial charge in [-0.2, -0.15) is 12.7 Å². The molecule has 2 rings (SSSR count). The summed E-state index contributed by atoms with van der Waals surface area (Å²) in [4.78, 5) is 12.0. The fourth-order valence-electron chi connectivity index (χ4n) is 2.27. The minimum Gasteiger partial charge on any atom is -0.460 e. The molecule has 0 saturated carbocycles. The fraction of sp³-hybridized carbons (Fsp3) is 0.462. The SMILES string of the molecule is NS(=O)(=O)N1CCCC[C@H]1C(=O)OCc1ccccc1. The Hall–Kier alpha value is -1.44. The summed E-state index contributed by atoms with van der Waals surface area (Å²) in [5.74, 6) is -0.539. The van der Waals surface area contributed by atoms with Crippen molar-refractivity contribution in [1.29, 1.82) is 0 Å². The zero-order chi connectivity index (χ0) is 14.6. The van der Waals surface area contributed by atoms with Crippen molar-refractivity contribution in [1.82, 2.24) is 4.31 Å². The van der Waals surface area contributed by atoms with Gasteiger partial charge >= 0.3 is 5.97 Å². The van der Waals surface area contributed by atoms with Crippen LogP contribution >= 0.6 is 0 Å². The Labute approximate surface area is 118 Å². The maximum Gasteiger partial charge on any atom is 0.324 e. The highest BCUT2D eigenvalue weighted by atomic mass is 32.2. The summed E-state index contributed by atoms with van der Waals surface area (Å²) in [7, 11) is -3.87. The fourth-order valence-corrected chi connectivity index (χ4v) is 3.20. The zero-order valence-electron chi connectivity index (χ0n) is 11.1. The second kappa shape index (κ2) is 6.34. The first-order valence-corrected chi connectivity index (χ1v) is 7.99. The molecule has 20 heavy (non-hydrogen) atoms. The summed E-state index contributed by atoms with van der Waals surface area (Å²) in [5, 5.41) is 5.14. The van der Waals surface area contributed by atoms with Gasteiger partial charge < -0.3 is 4.74 Å². The van der Waals surface area contributed by atoms with Crippen molar-refractivity contribution in [3.8, 4) is 0 Å². The van der Waals surface area contributed by atoms with Crippen molar-refractivity contribution in [2.75, 3.05) is 6.54 Å². The maximum atomic E-state index is 12.0. The number of carbonyl (C=O) groups is 1. The molecule has 1 heterocycles. The molecule has 1 saturated heterocycles. The monoisotopic (exact) mass is 298 g/mol. The van der Waals surface area contributed by atoms with E-state index in [4.69, 9.17) is 9.88 Å². The van der Waals surface area contributed by atoms with E-state index in [1.807, 2.05) is 30.3 Å². The Morgan fingerprint density at radius 1 is 1.30 bits per heavy atom. The summed E-state index contributed by atoms with van der Waals surface area (Å²) < 4.78 is 29.2. The van der Waals surface area contributed by atoms with Crippen molar-refractivity contribution in [2.24, 2.45) is 5.14 Å². The van der Waals surface area contributed by atoms with E-state index in [1.54, 1.807) is 0 Å². The van der Waals surface area contributed by atoms with E-state index in [-0.39, 0.29) is 13.2 Å². The summed E-state index contributed by atoms with van der Waals surface area (Å²) in [6, 6.07) is 8.44. The average Bonchev–Trinajstić information content (AvgIpc) is 2.45. The molecule has 1 aliphatic heterocycles. The van der Waals surface area contributed by atoms with Crippen LogP contribution in [0.1, 0.15) is 24.8 Å². The van der Waals surface area contributed by atoms with E-state index in [2.05, 4.69) is 0 Å². The highest BCUT2D eigenvalue weighted by Crippen LogP contribution is 2.20. The highest BCUT2D eigenvalue weighted by Gasteiger charge is 2.35. The van der Waals surface area contributed by atoms with Gasteiger partial charge in [-0.1, -0.05) is 30.3 Å². The van der Waals surface area contributed by atoms with Gasteiger partial charge in [-0.05, 0) is 24.8 Å². The first kappa shape index (κ1) is 15.0. The van der Waals surface area contributed by atoms with Crippen LogP contribution < -0.4 is 5.14 Å². The molecule has 1 aromatic carbocycles. The molecule has 7 heteroatoms. The van der Waals surface area contributed by atoms with Gasteiger partial charge in [-0.3, -0.25) is 4.79 Å². The van der Waals surface area contributed by atoms with E-state index in [1.165, 1.54) is 0 Å². The van der Waals surface area contributed by atoms with E-state index >= 15 is 0 Å². The molecule has 0 spiro atoms. The Balaban J connectivity index is 2.00. The maximum absolute atomic E-state index is 12.0. The van der Waals surface area contributed by atoms with Crippen molar-refractivity contribution < 1.29 is 17.9 Å². The summed E-state index contributed by atoms with van der Waals surface area (Å²) in [5.41, 5.74) is 0.860. The van der Waals surface area contributed by atoms with Gasteiger partial charge in [0.25, 0.3) is 10.2 Å². The van der Waals surface area contributed by atoms with Gasteiger partial charge in [0.2, 0.25) is 0 Å². The lowest BCUT2D eigenvalue weighted by molar-refractivity contribution is -0.150. The third-order valence-electron chi connectivity index (χ3n) is 3.28. The van der Waals surface area contributed by atoms with Crippen LogP contribution in [0.3, 0.4) is 0 Å². The van der Waals surface area contributed by atoms with E-state index in [9.17, 15) is 13.2 Å². The minimum atomic E-state index is -3.87. The van der Waals surface area contributed by atoms with Crippen LogP contribution in [0.25, 0.3) is 0 Å². The lowest BCUT2D eigenvalue weighted by Crippen LogP contribution is -2.51. The summed E-state index contributed by atoms with van der Waals surface area (Å²) in [6.45, 7) is 0.401. The van der Waals surface area contributed by atoms with Gasteiger partial charge in [0, 0.05) is 6.54 Å². The van der Waals surface area contributed by atoms with Crippen molar-refractivity contribution in [2.45, 2.75) is 31.9 Å². The molecule has 0 amide bonds. The van der Waals surface area contributed by atoms with Gasteiger partial charge in [0.15, 0.2) is 0 Å². The van der Waals surface area contributed by atoms with E-state index in [0.717, 1.165) is 16.3 Å². The molecule has 110 valence electrons. The second-order valence-electron chi connectivity index (χ2n) is 4.76. The summed E-state index contributed by atoms with van der Waals surface area (Å²) >= 11 is 0. The Morgan fingerprint density at radius 2 is 2.00 bits per heavy atom. The van der Waals surface area contributed by atoms with Crippen LogP contribution in [0.15, 0.2) is 30.3 Å². The number of carbonyl (C=O) groups excluding carboxylic acids is 1. The third-order valence-corrected chi connectivity index (χ3v) is 4.37. The van der Waals surface area contributed by atoms with Crippen LogP contribution in [0.4, 0.5) is 0 Å². The molecule has 0 bridgehead atoms. The van der Waals surface area contributed by atoms with Crippen LogP contribution in [0, 0.1) is 0 Å². The quantitative estimate of drug-likeness (QED) is 0.832. The van der Waals surface area contributed by atoms with Gasteiger partial charge in [0.05, 0.1) is 0 Å². The first-order valence-electron chi connectivity index (χ1n) is 6.48. The first-order chi connectivity index (χ1) is 9.48. The molecule has 1 aromatic rings. The predicted octanol–water partition coefficient (Wildman–Crippen LogP) is 0.788. The molecule has 1 aliphatic rings. The number of nitrogens with two attached hydrogens (primary N) is 1. The smallest absolute Gasteiger partial charge is 0.324 e. The zero-order valence-corrected chi connectivity index (χ0v) is 11.9. The largest absolute Gasteiger partial charge is 0.460 e. The summed E-state index contributed by atoms with van der Waals surface area (Å²) in [6.07, 6.45) is 1.94. The van der Waals surface area contributed by atoms with Crippen LogP contribution in [-0.4, -0.2) is 31.3 Å². The highest BCUT2D eigenvalue weighted by molar-refractivity contribution is 7.86. The molecule has 2 N–H and O–H groups in total. The number of piperidine rings is 1. The predicted molar refractivity (Wildman–Crippen MR) is 73.7 cm³/mol. The van der Waals surface area contributed by atoms with Crippen LogP contribution in [0.2, 0.25) is 0 Å². The third kappa shape index (κ3) is 3.78. The van der Waals surface area contributed by atoms with E-state index < -0.39 is 22.2 Å². The number of ether oxygens (including phenoxy) is 1. The Morgan fingerprint density at radius 3 is 2.65 bits per heavy atom. The molecular formula is C13H18N2O4S. The Bertz CT molecular complexity index is 559. The number of hydrogen-bond acceptors (Lipinski definition) is 4. The topological polar surface area (TPSA) is 89.7 Å². The molecule has 1 fully saturated rings. The number of nitrogens with zero attached hydrogens (tertiary/aromatic N) is 1. The average molecular weight is 298 g/mol. The Kier molecular flexibility index (Phi) is 4.74. The van der Waals surface area contributed by atoms with Crippen molar-refractivity contribution in [3.63, 3.8) is 0 Å². The lowest BCUT2D eigenvalue weighted by Gasteiger charge is -2.31. The van der Waals surface area contributed by atoms with Crippen molar-refractivity contribution in [3.05, 3.63) is 35.9 Å². The van der Waals surface area contributed by atoms with Crippen LogP contribution in [0.5, 0.6) is 0 Å². The molecule has 6 nitrogen and oxygen atoms in total. The lowest BCUT2D eigenvalue weighted by atomic mass is 10.1. The number of esters is 1. The number of hydrogen-bond donors (Lipinski definition) is 1. The van der Waals surface area contributed by atoms with E-state index in [0.29, 0.717) is 12.8 Å². The van der Waals surface area contributed by atoms with Crippen LogP contribution in [-0.2, 0) is 26.3 Å². The standard InChI is InChI=1S/C13H18N2O4S/c14-20(17,18)15-9-5-4-8-12(15)13(16)19-10-11-6-2-1-3-7-11/h1-3,6-7,12H,4-5,8-10H2,(H2,14,17,18)/t12-/m0/s1. The van der Waals surface area contributed by atoms with Gasteiger partial charge in [-0.15, -0.1) is 0 Å².